The summed E-state index contributed by atoms with van der Waals surface area (Å²) in [6, 6.07) is 0. The van der Waals surface area contributed by atoms with Crippen LogP contribution in [-0.4, -0.2) is 43.4 Å². The van der Waals surface area contributed by atoms with Crippen LogP contribution in [0.2, 0.25) is 5.02 Å². The smallest absolute Gasteiger partial charge is 0.362 e. The number of rotatable bonds is 2. The van der Waals surface area contributed by atoms with E-state index in [-0.39, 0.29) is 10.7 Å². The van der Waals surface area contributed by atoms with Gasteiger partial charge in [0.05, 0.1) is 16.4 Å². The first-order valence-electron chi connectivity index (χ1n) is 6.33. The summed E-state index contributed by atoms with van der Waals surface area (Å²) in [5.41, 5.74) is -2.41. The number of nitrogens with zero attached hydrogens (tertiary/aromatic N) is 4. The maximum Gasteiger partial charge on any atom is 0.438 e. The number of hydrogen-bond donors (Lipinski definition) is 1. The van der Waals surface area contributed by atoms with Gasteiger partial charge in [-0.3, -0.25) is 9.48 Å². The molecule has 0 bridgehead atoms. The Morgan fingerprint density at radius 3 is 2.45 bits per heavy atom. The summed E-state index contributed by atoms with van der Waals surface area (Å²) in [5, 5.41) is 17.8. The number of amides is 1. The highest BCUT2D eigenvalue weighted by atomic mass is 35.5. The molecular formula is C12H14ClF3N4O2. The van der Waals surface area contributed by atoms with Crippen molar-refractivity contribution >= 4 is 23.2 Å². The van der Waals surface area contributed by atoms with Crippen molar-refractivity contribution in [2.45, 2.75) is 45.6 Å². The molecule has 6 nitrogen and oxygen atoms in total. The molecule has 1 amide bonds. The van der Waals surface area contributed by atoms with E-state index in [4.69, 9.17) is 11.6 Å². The summed E-state index contributed by atoms with van der Waals surface area (Å²) < 4.78 is 40.3. The molecule has 0 aromatic carbocycles. The highest BCUT2D eigenvalue weighted by molar-refractivity contribution is 6.31. The Morgan fingerprint density at radius 1 is 1.41 bits per heavy atom. The van der Waals surface area contributed by atoms with E-state index in [0.717, 1.165) is 0 Å². The van der Waals surface area contributed by atoms with Crippen LogP contribution < -0.4 is 0 Å². The van der Waals surface area contributed by atoms with E-state index < -0.39 is 30.8 Å². The molecule has 1 aromatic rings. The van der Waals surface area contributed by atoms with Crippen LogP contribution in [0.3, 0.4) is 0 Å². The minimum atomic E-state index is -5.02. The molecule has 1 aromatic heterocycles. The number of carbonyl (C=O) groups excluding carboxylic acids is 1. The summed E-state index contributed by atoms with van der Waals surface area (Å²) in [6.07, 6.45) is -5.79. The second-order valence-electron chi connectivity index (χ2n) is 5.17. The van der Waals surface area contributed by atoms with E-state index >= 15 is 0 Å². The van der Waals surface area contributed by atoms with E-state index in [1.165, 1.54) is 11.6 Å². The van der Waals surface area contributed by atoms with Gasteiger partial charge in [-0.1, -0.05) is 11.6 Å². The topological polar surface area (TPSA) is 70.7 Å². The Labute approximate surface area is 129 Å². The highest BCUT2D eigenvalue weighted by Crippen LogP contribution is 2.40. The molecule has 22 heavy (non-hydrogen) atoms. The highest BCUT2D eigenvalue weighted by Gasteiger charge is 2.62. The normalized spacial score (nSPS) is 22.2. The van der Waals surface area contributed by atoms with Gasteiger partial charge in [-0.15, -0.1) is 0 Å². The van der Waals surface area contributed by atoms with E-state index in [9.17, 15) is 23.1 Å². The molecule has 0 aliphatic carbocycles. The fraction of sp³-hybridized carbons (Fsp3) is 0.583. The van der Waals surface area contributed by atoms with Crippen molar-refractivity contribution in [1.29, 1.82) is 0 Å². The number of aryl methyl sites for hydroxylation is 1. The van der Waals surface area contributed by atoms with Gasteiger partial charge < -0.3 is 5.11 Å². The van der Waals surface area contributed by atoms with Crippen molar-refractivity contribution in [3.63, 3.8) is 0 Å². The molecule has 2 heterocycles. The number of aromatic nitrogens is 2. The maximum atomic E-state index is 13.1. The molecule has 0 fully saturated rings. The van der Waals surface area contributed by atoms with Gasteiger partial charge in [0.2, 0.25) is 0 Å². The van der Waals surface area contributed by atoms with Gasteiger partial charge in [-0.05, 0) is 20.8 Å². The van der Waals surface area contributed by atoms with Crippen LogP contribution in [0, 0.1) is 13.8 Å². The van der Waals surface area contributed by atoms with E-state index in [1.54, 1.807) is 13.8 Å². The lowest BCUT2D eigenvalue weighted by molar-refractivity contribution is -0.302. The lowest BCUT2D eigenvalue weighted by Crippen LogP contribution is -2.57. The standard InChI is InChI=1S/C12H14ClF3N4O2/c1-6-4-11(22,12(14,15)16)20(17-6)9(21)5-19-8(3)10(13)7(2)18-19/h22H,4-5H2,1-3H3/t11-/m1/s1. The summed E-state index contributed by atoms with van der Waals surface area (Å²) in [7, 11) is 0. The minimum absolute atomic E-state index is 0.0135. The summed E-state index contributed by atoms with van der Waals surface area (Å²) in [5.74, 6) is -1.03. The molecule has 1 atom stereocenters. The predicted molar refractivity (Wildman–Crippen MR) is 72.3 cm³/mol. The summed E-state index contributed by atoms with van der Waals surface area (Å²) in [4.78, 5) is 12.2. The first-order valence-corrected chi connectivity index (χ1v) is 6.71. The Balaban J connectivity index is 2.30. The van der Waals surface area contributed by atoms with Crippen LogP contribution in [0.1, 0.15) is 24.7 Å². The molecule has 0 unspecified atom stereocenters. The van der Waals surface area contributed by atoms with Gasteiger partial charge in [0.1, 0.15) is 6.54 Å². The van der Waals surface area contributed by atoms with Crippen LogP contribution in [-0.2, 0) is 11.3 Å². The molecule has 0 radical (unpaired) electrons. The summed E-state index contributed by atoms with van der Waals surface area (Å²) in [6.45, 7) is 4.00. The molecule has 0 saturated carbocycles. The first-order chi connectivity index (χ1) is 9.97. The van der Waals surface area contributed by atoms with Crippen molar-refractivity contribution in [2.75, 3.05) is 0 Å². The van der Waals surface area contributed by atoms with Crippen molar-refractivity contribution in [2.24, 2.45) is 5.10 Å². The zero-order chi connectivity index (χ0) is 16.9. The average Bonchev–Trinajstić information content (AvgIpc) is 2.82. The monoisotopic (exact) mass is 338 g/mol. The molecule has 1 aliphatic heterocycles. The van der Waals surface area contributed by atoms with E-state index in [2.05, 4.69) is 10.2 Å². The van der Waals surface area contributed by atoms with Gasteiger partial charge in [0.25, 0.3) is 11.6 Å². The van der Waals surface area contributed by atoms with Crippen molar-refractivity contribution < 1.29 is 23.1 Å². The largest absolute Gasteiger partial charge is 0.438 e. The number of alkyl halides is 3. The molecule has 1 N–H and O–H groups in total. The molecule has 1 aliphatic rings. The molecule has 0 spiro atoms. The number of hydrogen-bond acceptors (Lipinski definition) is 4. The molecule has 10 heteroatoms. The fourth-order valence-electron chi connectivity index (χ4n) is 2.23. The van der Waals surface area contributed by atoms with E-state index in [1.807, 2.05) is 0 Å². The average molecular weight is 339 g/mol. The SMILES string of the molecule is CC1=NN(C(=O)Cn2nc(C)c(Cl)c2C)[C@](O)(C(F)(F)F)C1. The number of aliphatic hydroxyl groups is 1. The van der Waals surface area contributed by atoms with Gasteiger partial charge in [0, 0.05) is 12.1 Å². The number of halogens is 4. The van der Waals surface area contributed by atoms with Crippen LogP contribution in [0.5, 0.6) is 0 Å². The molecular weight excluding hydrogens is 325 g/mol. The van der Waals surface area contributed by atoms with Crippen LogP contribution in [0.25, 0.3) is 0 Å². The third-order valence-corrected chi connectivity index (χ3v) is 3.94. The Hall–Kier alpha value is -1.61. The van der Waals surface area contributed by atoms with Gasteiger partial charge in [0.15, 0.2) is 0 Å². The molecule has 122 valence electrons. The number of hydrazone groups is 1. The fourth-order valence-corrected chi connectivity index (χ4v) is 2.36. The van der Waals surface area contributed by atoms with Crippen LogP contribution in [0.4, 0.5) is 13.2 Å². The first kappa shape index (κ1) is 16.8. The quantitative estimate of drug-likeness (QED) is 0.896. The van der Waals surface area contributed by atoms with Gasteiger partial charge >= 0.3 is 6.18 Å². The van der Waals surface area contributed by atoms with Crippen LogP contribution in [0.15, 0.2) is 5.10 Å². The van der Waals surface area contributed by atoms with Crippen molar-refractivity contribution in [3.05, 3.63) is 16.4 Å². The molecule has 2 rings (SSSR count). The minimum Gasteiger partial charge on any atom is -0.362 e. The Kier molecular flexibility index (Phi) is 3.99. The zero-order valence-electron chi connectivity index (χ0n) is 12.1. The third kappa shape index (κ3) is 2.58. The second kappa shape index (κ2) is 5.24. The Bertz CT molecular complexity index is 656. The molecule has 0 saturated heterocycles. The summed E-state index contributed by atoms with van der Waals surface area (Å²) >= 11 is 5.93. The van der Waals surface area contributed by atoms with E-state index in [0.29, 0.717) is 16.4 Å². The predicted octanol–water partition coefficient (Wildman–Crippen LogP) is 2.01. The lowest BCUT2D eigenvalue weighted by Gasteiger charge is -2.32. The van der Waals surface area contributed by atoms with Gasteiger partial charge in [-0.2, -0.15) is 28.4 Å². The zero-order valence-corrected chi connectivity index (χ0v) is 12.8. The van der Waals surface area contributed by atoms with Crippen molar-refractivity contribution in [1.82, 2.24) is 14.8 Å². The Morgan fingerprint density at radius 2 is 2.00 bits per heavy atom. The van der Waals surface area contributed by atoms with Gasteiger partial charge in [-0.25, -0.2) is 0 Å². The lowest BCUT2D eigenvalue weighted by atomic mass is 10.1. The second-order valence-corrected chi connectivity index (χ2v) is 5.55. The maximum absolute atomic E-state index is 13.1. The van der Waals surface area contributed by atoms with Crippen LogP contribution >= 0.6 is 11.6 Å². The van der Waals surface area contributed by atoms with Crippen molar-refractivity contribution in [3.8, 4) is 0 Å². The third-order valence-electron chi connectivity index (χ3n) is 3.39. The number of carbonyl (C=O) groups is 1.